The van der Waals surface area contributed by atoms with Gasteiger partial charge < -0.3 is 15.2 Å². The molecule has 0 amide bonds. The van der Waals surface area contributed by atoms with Crippen LogP contribution in [0.3, 0.4) is 0 Å². The van der Waals surface area contributed by atoms with Crippen molar-refractivity contribution in [1.82, 2.24) is 4.98 Å². The molecule has 0 saturated heterocycles. The van der Waals surface area contributed by atoms with E-state index in [-0.39, 0.29) is 12.1 Å². The lowest BCUT2D eigenvalue weighted by molar-refractivity contribution is 0.0770. The van der Waals surface area contributed by atoms with Crippen LogP contribution in [0.4, 0.5) is 0 Å². The molecular weight excluding hydrogens is 228 g/mol. The van der Waals surface area contributed by atoms with Gasteiger partial charge in [-0.15, -0.1) is 0 Å². The molecule has 0 bridgehead atoms. The number of nitrogens with zero attached hydrogens (tertiary/aromatic N) is 1. The number of ether oxygens (including phenoxy) is 2. The van der Waals surface area contributed by atoms with Gasteiger partial charge in [-0.05, 0) is 20.3 Å². The van der Waals surface area contributed by atoms with Gasteiger partial charge in [0.1, 0.15) is 5.75 Å². The minimum atomic E-state index is -0.0430. The lowest BCUT2D eigenvalue weighted by Gasteiger charge is -2.22. The van der Waals surface area contributed by atoms with Gasteiger partial charge in [0, 0.05) is 42.6 Å². The largest absolute Gasteiger partial charge is 0.496 e. The lowest BCUT2D eigenvalue weighted by atomic mass is 10.00. The molecule has 4 heteroatoms. The van der Waals surface area contributed by atoms with E-state index < -0.39 is 0 Å². The molecule has 2 N–H and O–H groups in total. The highest BCUT2D eigenvalue weighted by Crippen LogP contribution is 2.25. The first-order valence-corrected chi connectivity index (χ1v) is 6.32. The standard InChI is InChI=1S/C14H24N2O2/c1-6-13(17-4)11(15)7-12-10(3)14(18-5)9(2)8-16-12/h8,11,13H,6-7,15H2,1-5H3. The fraction of sp³-hybridized carbons (Fsp3) is 0.643. The molecule has 1 rings (SSSR count). The summed E-state index contributed by atoms with van der Waals surface area (Å²) in [5.74, 6) is 0.901. The third kappa shape index (κ3) is 3.21. The quantitative estimate of drug-likeness (QED) is 0.841. The summed E-state index contributed by atoms with van der Waals surface area (Å²) in [6, 6.07) is -0.0430. The maximum absolute atomic E-state index is 6.16. The molecule has 0 fully saturated rings. The van der Waals surface area contributed by atoms with Crippen LogP contribution in [0.5, 0.6) is 5.75 Å². The molecule has 1 heterocycles. The first-order valence-electron chi connectivity index (χ1n) is 6.32. The van der Waals surface area contributed by atoms with Crippen LogP contribution in [0.15, 0.2) is 6.20 Å². The Morgan fingerprint density at radius 3 is 2.50 bits per heavy atom. The predicted molar refractivity (Wildman–Crippen MR) is 73.0 cm³/mol. The minimum absolute atomic E-state index is 0.0430. The molecule has 18 heavy (non-hydrogen) atoms. The summed E-state index contributed by atoms with van der Waals surface area (Å²) in [4.78, 5) is 4.46. The van der Waals surface area contributed by atoms with E-state index in [0.29, 0.717) is 6.42 Å². The number of rotatable bonds is 6. The van der Waals surface area contributed by atoms with E-state index in [9.17, 15) is 0 Å². The summed E-state index contributed by atoms with van der Waals surface area (Å²) in [7, 11) is 3.38. The molecule has 2 unspecified atom stereocenters. The number of methoxy groups -OCH3 is 2. The van der Waals surface area contributed by atoms with Crippen molar-refractivity contribution in [3.05, 3.63) is 23.0 Å². The van der Waals surface area contributed by atoms with Crippen molar-refractivity contribution in [2.75, 3.05) is 14.2 Å². The molecule has 0 aliphatic heterocycles. The third-order valence-electron chi connectivity index (χ3n) is 3.36. The Hall–Kier alpha value is -1.13. The van der Waals surface area contributed by atoms with Gasteiger partial charge >= 0.3 is 0 Å². The smallest absolute Gasteiger partial charge is 0.128 e. The molecule has 1 aromatic heterocycles. The van der Waals surface area contributed by atoms with E-state index in [1.807, 2.05) is 20.0 Å². The van der Waals surface area contributed by atoms with E-state index in [0.717, 1.165) is 29.0 Å². The van der Waals surface area contributed by atoms with Crippen LogP contribution in [0, 0.1) is 13.8 Å². The maximum atomic E-state index is 6.16. The topological polar surface area (TPSA) is 57.4 Å². The van der Waals surface area contributed by atoms with Crippen molar-refractivity contribution in [1.29, 1.82) is 0 Å². The number of hydrogen-bond donors (Lipinski definition) is 1. The number of aromatic nitrogens is 1. The summed E-state index contributed by atoms with van der Waals surface area (Å²) >= 11 is 0. The van der Waals surface area contributed by atoms with E-state index in [1.165, 1.54) is 0 Å². The van der Waals surface area contributed by atoms with Crippen molar-refractivity contribution in [2.24, 2.45) is 5.73 Å². The second-order valence-corrected chi connectivity index (χ2v) is 4.60. The van der Waals surface area contributed by atoms with Crippen LogP contribution < -0.4 is 10.5 Å². The zero-order chi connectivity index (χ0) is 13.7. The Morgan fingerprint density at radius 1 is 1.33 bits per heavy atom. The molecule has 0 aromatic carbocycles. The summed E-state index contributed by atoms with van der Waals surface area (Å²) in [6.45, 7) is 6.09. The molecule has 0 aliphatic carbocycles. The van der Waals surface area contributed by atoms with Gasteiger partial charge in [-0.25, -0.2) is 0 Å². The molecule has 102 valence electrons. The second-order valence-electron chi connectivity index (χ2n) is 4.60. The van der Waals surface area contributed by atoms with Crippen LogP contribution >= 0.6 is 0 Å². The van der Waals surface area contributed by atoms with Crippen LogP contribution in [0.1, 0.15) is 30.2 Å². The second kappa shape index (κ2) is 6.71. The monoisotopic (exact) mass is 252 g/mol. The number of hydrogen-bond acceptors (Lipinski definition) is 4. The van der Waals surface area contributed by atoms with E-state index in [2.05, 4.69) is 11.9 Å². The molecule has 1 aromatic rings. The third-order valence-corrected chi connectivity index (χ3v) is 3.36. The van der Waals surface area contributed by atoms with Crippen LogP contribution in [0.2, 0.25) is 0 Å². The van der Waals surface area contributed by atoms with Crippen molar-refractivity contribution in [3.63, 3.8) is 0 Å². The molecule has 2 atom stereocenters. The molecule has 0 spiro atoms. The summed E-state index contributed by atoms with van der Waals surface area (Å²) in [6.07, 6.45) is 3.51. The summed E-state index contributed by atoms with van der Waals surface area (Å²) in [5, 5.41) is 0. The van der Waals surface area contributed by atoms with Gasteiger partial charge in [0.2, 0.25) is 0 Å². The Kier molecular flexibility index (Phi) is 5.56. The van der Waals surface area contributed by atoms with Gasteiger partial charge in [-0.3, -0.25) is 4.98 Å². The molecule has 4 nitrogen and oxygen atoms in total. The average molecular weight is 252 g/mol. The van der Waals surface area contributed by atoms with Crippen molar-refractivity contribution in [3.8, 4) is 5.75 Å². The fourth-order valence-corrected chi connectivity index (χ4v) is 2.28. The predicted octanol–water partition coefficient (Wildman–Crippen LogP) is 2.00. The normalized spacial score (nSPS) is 14.3. The maximum Gasteiger partial charge on any atom is 0.128 e. The Morgan fingerprint density at radius 2 is 2.00 bits per heavy atom. The number of pyridine rings is 1. The first kappa shape index (κ1) is 14.9. The highest BCUT2D eigenvalue weighted by Gasteiger charge is 2.18. The molecular formula is C14H24N2O2. The van der Waals surface area contributed by atoms with Crippen molar-refractivity contribution in [2.45, 2.75) is 45.8 Å². The molecule has 0 saturated carbocycles. The Bertz CT molecular complexity index is 390. The lowest BCUT2D eigenvalue weighted by Crippen LogP contribution is -2.38. The van der Waals surface area contributed by atoms with Gasteiger partial charge in [-0.2, -0.15) is 0 Å². The summed E-state index contributed by atoms with van der Waals surface area (Å²) < 4.78 is 10.8. The van der Waals surface area contributed by atoms with Crippen LogP contribution in [-0.4, -0.2) is 31.3 Å². The zero-order valence-electron chi connectivity index (χ0n) is 12.0. The zero-order valence-corrected chi connectivity index (χ0v) is 12.0. The number of nitrogens with two attached hydrogens (primary N) is 1. The highest BCUT2D eigenvalue weighted by atomic mass is 16.5. The minimum Gasteiger partial charge on any atom is -0.496 e. The van der Waals surface area contributed by atoms with Crippen molar-refractivity contribution < 1.29 is 9.47 Å². The van der Waals surface area contributed by atoms with E-state index >= 15 is 0 Å². The Labute approximate surface area is 110 Å². The fourth-order valence-electron chi connectivity index (χ4n) is 2.28. The van der Waals surface area contributed by atoms with E-state index in [4.69, 9.17) is 15.2 Å². The highest BCUT2D eigenvalue weighted by molar-refractivity contribution is 5.41. The number of aryl methyl sites for hydroxylation is 1. The van der Waals surface area contributed by atoms with Gasteiger partial charge in [0.25, 0.3) is 0 Å². The molecule has 0 radical (unpaired) electrons. The molecule has 0 aliphatic rings. The van der Waals surface area contributed by atoms with Gasteiger partial charge in [0.05, 0.1) is 13.2 Å². The Balaban J connectivity index is 2.91. The SMILES string of the molecule is CCC(OC)C(N)Cc1ncc(C)c(OC)c1C. The summed E-state index contributed by atoms with van der Waals surface area (Å²) in [5.41, 5.74) is 9.27. The first-order chi connectivity index (χ1) is 8.54. The van der Waals surface area contributed by atoms with Gasteiger partial charge in [0.15, 0.2) is 0 Å². The van der Waals surface area contributed by atoms with E-state index in [1.54, 1.807) is 14.2 Å². The van der Waals surface area contributed by atoms with Gasteiger partial charge in [-0.1, -0.05) is 6.92 Å². The van der Waals surface area contributed by atoms with Crippen molar-refractivity contribution >= 4 is 0 Å². The van der Waals surface area contributed by atoms with Crippen LogP contribution in [-0.2, 0) is 11.2 Å². The van der Waals surface area contributed by atoms with Crippen LogP contribution in [0.25, 0.3) is 0 Å². The average Bonchev–Trinajstić information content (AvgIpc) is 2.35.